The molecule has 102 valence electrons. The number of hydrogen-bond donors (Lipinski definition) is 2. The van der Waals surface area contributed by atoms with Crippen LogP contribution in [-0.4, -0.2) is 17.0 Å². The van der Waals surface area contributed by atoms with Gasteiger partial charge >= 0.3 is 5.97 Å². The molecule has 2 rings (SSSR count). The largest absolute Gasteiger partial charge is 0.481 e. The zero-order chi connectivity index (χ0) is 14.0. The van der Waals surface area contributed by atoms with Gasteiger partial charge in [-0.25, -0.2) is 0 Å². The Bertz CT molecular complexity index is 519. The van der Waals surface area contributed by atoms with Crippen LogP contribution in [0, 0.1) is 11.8 Å². The number of halogens is 2. The average Bonchev–Trinajstić information content (AvgIpc) is 2.83. The minimum Gasteiger partial charge on any atom is -0.481 e. The van der Waals surface area contributed by atoms with Gasteiger partial charge < -0.3 is 10.4 Å². The predicted molar refractivity (Wildman–Crippen MR) is 73.6 cm³/mol. The third-order valence-electron chi connectivity index (χ3n) is 3.36. The summed E-state index contributed by atoms with van der Waals surface area (Å²) in [5.74, 6) is -2.35. The Morgan fingerprint density at radius 3 is 2.58 bits per heavy atom. The first-order valence-electron chi connectivity index (χ1n) is 5.98. The van der Waals surface area contributed by atoms with Crippen molar-refractivity contribution in [2.75, 3.05) is 5.32 Å². The zero-order valence-corrected chi connectivity index (χ0v) is 11.5. The molecule has 0 heterocycles. The molecule has 1 aromatic carbocycles. The SMILES string of the molecule is O=C(O)[C@H]1CCC[C@H]1C(=O)Nc1cc(Cl)ccc1Cl. The number of carbonyl (C=O) groups excluding carboxylic acids is 1. The van der Waals surface area contributed by atoms with E-state index in [0.717, 1.165) is 6.42 Å². The van der Waals surface area contributed by atoms with E-state index in [9.17, 15) is 9.59 Å². The number of nitrogens with one attached hydrogen (secondary N) is 1. The Balaban J connectivity index is 2.12. The van der Waals surface area contributed by atoms with Crippen LogP contribution in [0.5, 0.6) is 0 Å². The summed E-state index contributed by atoms with van der Waals surface area (Å²) in [6.45, 7) is 0. The molecular formula is C13H13Cl2NO3. The van der Waals surface area contributed by atoms with Crippen LogP contribution >= 0.6 is 23.2 Å². The van der Waals surface area contributed by atoms with Gasteiger partial charge in [0.1, 0.15) is 0 Å². The molecule has 1 amide bonds. The fourth-order valence-corrected chi connectivity index (χ4v) is 2.73. The Morgan fingerprint density at radius 1 is 1.21 bits per heavy atom. The number of anilines is 1. The van der Waals surface area contributed by atoms with E-state index >= 15 is 0 Å². The van der Waals surface area contributed by atoms with Crippen molar-refractivity contribution in [3.63, 3.8) is 0 Å². The van der Waals surface area contributed by atoms with Gasteiger partial charge in [0, 0.05) is 5.02 Å². The third kappa shape index (κ3) is 3.19. The minimum absolute atomic E-state index is 0.311. The van der Waals surface area contributed by atoms with Gasteiger partial charge in [0.2, 0.25) is 5.91 Å². The number of carboxylic acid groups (broad SMARTS) is 1. The van der Waals surface area contributed by atoms with Gasteiger partial charge in [-0.2, -0.15) is 0 Å². The van der Waals surface area contributed by atoms with Gasteiger partial charge in [0.15, 0.2) is 0 Å². The summed E-state index contributed by atoms with van der Waals surface area (Å²) in [5.41, 5.74) is 0.412. The number of benzene rings is 1. The number of rotatable bonds is 3. The molecule has 0 saturated heterocycles. The highest BCUT2D eigenvalue weighted by Gasteiger charge is 2.37. The highest BCUT2D eigenvalue weighted by Crippen LogP contribution is 2.34. The first-order valence-corrected chi connectivity index (χ1v) is 6.73. The van der Waals surface area contributed by atoms with E-state index in [1.807, 2.05) is 0 Å². The van der Waals surface area contributed by atoms with E-state index in [1.54, 1.807) is 18.2 Å². The lowest BCUT2D eigenvalue weighted by Gasteiger charge is -2.16. The normalized spacial score (nSPS) is 22.2. The monoisotopic (exact) mass is 301 g/mol. The first-order chi connectivity index (χ1) is 8.99. The molecule has 1 aliphatic rings. The lowest BCUT2D eigenvalue weighted by Crippen LogP contribution is -2.30. The summed E-state index contributed by atoms with van der Waals surface area (Å²) in [7, 11) is 0. The second-order valence-electron chi connectivity index (χ2n) is 4.60. The smallest absolute Gasteiger partial charge is 0.307 e. The number of aliphatic carboxylic acids is 1. The summed E-state index contributed by atoms with van der Waals surface area (Å²) < 4.78 is 0. The van der Waals surface area contributed by atoms with Crippen molar-refractivity contribution in [2.24, 2.45) is 11.8 Å². The van der Waals surface area contributed by atoms with E-state index in [0.29, 0.717) is 28.6 Å². The molecule has 2 atom stereocenters. The predicted octanol–water partition coefficient (Wildman–Crippen LogP) is 3.43. The van der Waals surface area contributed by atoms with Crippen LogP contribution in [-0.2, 0) is 9.59 Å². The molecule has 0 radical (unpaired) electrons. The first kappa shape index (κ1) is 14.2. The summed E-state index contributed by atoms with van der Waals surface area (Å²) in [6, 6.07) is 4.75. The Labute approximate surface area is 120 Å². The molecule has 1 aromatic rings. The van der Waals surface area contributed by atoms with Crippen LogP contribution in [0.4, 0.5) is 5.69 Å². The van der Waals surface area contributed by atoms with Gasteiger partial charge in [0.25, 0.3) is 0 Å². The van der Waals surface area contributed by atoms with Crippen molar-refractivity contribution in [3.05, 3.63) is 28.2 Å². The molecular weight excluding hydrogens is 289 g/mol. The molecule has 19 heavy (non-hydrogen) atoms. The molecule has 0 aromatic heterocycles. The maximum Gasteiger partial charge on any atom is 0.307 e. The van der Waals surface area contributed by atoms with Crippen molar-refractivity contribution in [3.8, 4) is 0 Å². The van der Waals surface area contributed by atoms with Crippen LogP contribution in [0.1, 0.15) is 19.3 Å². The molecule has 0 bridgehead atoms. The molecule has 1 saturated carbocycles. The molecule has 1 aliphatic carbocycles. The van der Waals surface area contributed by atoms with Gasteiger partial charge in [-0.15, -0.1) is 0 Å². The summed E-state index contributed by atoms with van der Waals surface area (Å²) in [5, 5.41) is 12.6. The Hall–Kier alpha value is -1.26. The number of carbonyl (C=O) groups is 2. The van der Waals surface area contributed by atoms with E-state index in [4.69, 9.17) is 28.3 Å². The number of carboxylic acids is 1. The van der Waals surface area contributed by atoms with Crippen molar-refractivity contribution in [1.82, 2.24) is 0 Å². The van der Waals surface area contributed by atoms with E-state index < -0.39 is 17.8 Å². The zero-order valence-electron chi connectivity index (χ0n) is 10.0. The summed E-state index contributed by atoms with van der Waals surface area (Å²) in [4.78, 5) is 23.2. The quantitative estimate of drug-likeness (QED) is 0.899. The lowest BCUT2D eigenvalue weighted by molar-refractivity contribution is -0.145. The van der Waals surface area contributed by atoms with E-state index in [1.165, 1.54) is 0 Å². The summed E-state index contributed by atoms with van der Waals surface area (Å²) >= 11 is 11.8. The van der Waals surface area contributed by atoms with Crippen molar-refractivity contribution in [1.29, 1.82) is 0 Å². The number of hydrogen-bond acceptors (Lipinski definition) is 2. The number of amides is 1. The van der Waals surface area contributed by atoms with Crippen LogP contribution in [0.3, 0.4) is 0 Å². The van der Waals surface area contributed by atoms with Crippen LogP contribution < -0.4 is 5.32 Å². The molecule has 0 unspecified atom stereocenters. The highest BCUT2D eigenvalue weighted by molar-refractivity contribution is 6.35. The van der Waals surface area contributed by atoms with Gasteiger partial charge in [-0.05, 0) is 31.0 Å². The minimum atomic E-state index is -0.921. The molecule has 2 N–H and O–H groups in total. The molecule has 0 aliphatic heterocycles. The lowest BCUT2D eigenvalue weighted by atomic mass is 9.95. The van der Waals surface area contributed by atoms with Crippen LogP contribution in [0.2, 0.25) is 10.0 Å². The Morgan fingerprint density at radius 2 is 1.89 bits per heavy atom. The van der Waals surface area contributed by atoms with Crippen LogP contribution in [0.25, 0.3) is 0 Å². The van der Waals surface area contributed by atoms with Gasteiger partial charge in [-0.1, -0.05) is 29.6 Å². The van der Waals surface area contributed by atoms with E-state index in [2.05, 4.69) is 5.32 Å². The van der Waals surface area contributed by atoms with Crippen molar-refractivity contribution in [2.45, 2.75) is 19.3 Å². The maximum absolute atomic E-state index is 12.1. The fraction of sp³-hybridized carbons (Fsp3) is 0.385. The molecule has 6 heteroatoms. The van der Waals surface area contributed by atoms with Crippen LogP contribution in [0.15, 0.2) is 18.2 Å². The summed E-state index contributed by atoms with van der Waals surface area (Å²) in [6.07, 6.45) is 1.87. The van der Waals surface area contributed by atoms with Gasteiger partial charge in [-0.3, -0.25) is 9.59 Å². The van der Waals surface area contributed by atoms with Crippen molar-refractivity contribution < 1.29 is 14.7 Å². The average molecular weight is 302 g/mol. The highest BCUT2D eigenvalue weighted by atomic mass is 35.5. The molecule has 1 fully saturated rings. The second-order valence-corrected chi connectivity index (χ2v) is 5.44. The second kappa shape index (κ2) is 5.80. The van der Waals surface area contributed by atoms with E-state index in [-0.39, 0.29) is 5.91 Å². The van der Waals surface area contributed by atoms with Gasteiger partial charge in [0.05, 0.1) is 22.5 Å². The molecule has 4 nitrogen and oxygen atoms in total. The fourth-order valence-electron chi connectivity index (χ4n) is 2.39. The third-order valence-corrected chi connectivity index (χ3v) is 3.92. The maximum atomic E-state index is 12.1. The standard InChI is InChI=1S/C13H13Cl2NO3/c14-7-4-5-10(15)11(6-7)16-12(17)8-2-1-3-9(8)13(18)19/h4-6,8-9H,1-3H2,(H,16,17)(H,18,19)/t8-,9+/m1/s1. The van der Waals surface area contributed by atoms with Crippen molar-refractivity contribution >= 4 is 40.8 Å². The molecule has 0 spiro atoms. The Kier molecular flexibility index (Phi) is 4.32. The topological polar surface area (TPSA) is 66.4 Å².